The largest absolute Gasteiger partial charge is 0.465 e. The summed E-state index contributed by atoms with van der Waals surface area (Å²) in [7, 11) is 1.19. The molecule has 0 saturated heterocycles. The second-order valence-corrected chi connectivity index (χ2v) is 2.58. The number of methoxy groups -OCH3 is 1. The fraction of sp³-hybridized carbons (Fsp3) is 0.286. The quantitative estimate of drug-likeness (QED) is 0.533. The van der Waals surface area contributed by atoms with Crippen LogP contribution >= 0.6 is 11.6 Å². The van der Waals surface area contributed by atoms with Crippen LogP contribution < -0.4 is 0 Å². The maximum atomic E-state index is 11.1. The number of carbonyl (C=O) groups excluding carboxylic acids is 2. The van der Waals surface area contributed by atoms with Crippen LogP contribution in [-0.4, -0.2) is 23.5 Å². The molecule has 0 unspecified atom stereocenters. The fourth-order valence-corrected chi connectivity index (χ4v) is 0.975. The molecule has 0 radical (unpaired) electrons. The maximum Gasteiger partial charge on any atom is 0.343 e. The van der Waals surface area contributed by atoms with Crippen molar-refractivity contribution in [3.63, 3.8) is 0 Å². The van der Waals surface area contributed by atoms with Gasteiger partial charge >= 0.3 is 5.97 Å². The van der Waals surface area contributed by atoms with Gasteiger partial charge in [-0.1, -0.05) is 5.16 Å². The summed E-state index contributed by atoms with van der Waals surface area (Å²) < 4.78 is 8.96. The Hall–Kier alpha value is -1.36. The van der Waals surface area contributed by atoms with Crippen LogP contribution in [0.4, 0.5) is 0 Å². The summed E-state index contributed by atoms with van der Waals surface area (Å²) in [6, 6.07) is 0. The molecule has 0 fully saturated rings. The molecule has 0 amide bonds. The molecule has 5 nitrogen and oxygen atoms in total. The van der Waals surface area contributed by atoms with Crippen LogP contribution in [0.15, 0.2) is 4.52 Å². The summed E-state index contributed by atoms with van der Waals surface area (Å²) in [5.74, 6) is -0.978. The minimum atomic E-state index is -0.874. The second-order valence-electron chi connectivity index (χ2n) is 2.24. The van der Waals surface area contributed by atoms with Crippen molar-refractivity contribution in [2.45, 2.75) is 6.92 Å². The minimum Gasteiger partial charge on any atom is -0.465 e. The van der Waals surface area contributed by atoms with Gasteiger partial charge in [0.25, 0.3) is 5.24 Å². The maximum absolute atomic E-state index is 11.1. The Labute approximate surface area is 78.6 Å². The van der Waals surface area contributed by atoms with Crippen LogP contribution in [0.1, 0.15) is 26.6 Å². The molecule has 1 heterocycles. The zero-order chi connectivity index (χ0) is 10.0. The van der Waals surface area contributed by atoms with E-state index < -0.39 is 11.2 Å². The lowest BCUT2D eigenvalue weighted by Crippen LogP contribution is -2.06. The van der Waals surface area contributed by atoms with Gasteiger partial charge in [-0.2, -0.15) is 0 Å². The molecule has 1 rings (SSSR count). The Bertz CT molecular complexity index is 357. The first kappa shape index (κ1) is 9.73. The van der Waals surface area contributed by atoms with Gasteiger partial charge in [-0.05, 0) is 18.5 Å². The normalized spacial score (nSPS) is 9.77. The van der Waals surface area contributed by atoms with E-state index in [0.717, 1.165) is 0 Å². The van der Waals surface area contributed by atoms with Crippen LogP contribution in [0.5, 0.6) is 0 Å². The highest BCUT2D eigenvalue weighted by Crippen LogP contribution is 2.16. The summed E-state index contributed by atoms with van der Waals surface area (Å²) in [5.41, 5.74) is 0.248. The summed E-state index contributed by atoms with van der Waals surface area (Å²) in [4.78, 5) is 21.8. The average Bonchev–Trinajstić information content (AvgIpc) is 2.46. The van der Waals surface area contributed by atoms with Crippen molar-refractivity contribution in [3.05, 3.63) is 17.0 Å². The van der Waals surface area contributed by atoms with Gasteiger partial charge in [0.15, 0.2) is 0 Å². The number of esters is 1. The smallest absolute Gasteiger partial charge is 0.343 e. The summed E-state index contributed by atoms with van der Waals surface area (Å²) in [6.45, 7) is 1.51. The number of aryl methyl sites for hydroxylation is 1. The van der Waals surface area contributed by atoms with E-state index in [2.05, 4.69) is 14.4 Å². The monoisotopic (exact) mass is 203 g/mol. The summed E-state index contributed by atoms with van der Waals surface area (Å²) in [5, 5.41) is 2.55. The van der Waals surface area contributed by atoms with Gasteiger partial charge in [-0.25, -0.2) is 4.79 Å². The third kappa shape index (κ3) is 1.70. The van der Waals surface area contributed by atoms with Crippen LogP contribution in [-0.2, 0) is 4.74 Å². The third-order valence-corrected chi connectivity index (χ3v) is 1.60. The molecule has 0 saturated carbocycles. The van der Waals surface area contributed by atoms with Gasteiger partial charge in [-0.3, -0.25) is 4.79 Å². The number of hydrogen-bond donors (Lipinski definition) is 0. The molecule has 0 atom stereocenters. The predicted molar refractivity (Wildman–Crippen MR) is 42.8 cm³/mol. The van der Waals surface area contributed by atoms with E-state index >= 15 is 0 Å². The molecule has 0 aromatic carbocycles. The van der Waals surface area contributed by atoms with E-state index in [1.807, 2.05) is 0 Å². The van der Waals surface area contributed by atoms with Crippen molar-refractivity contribution in [3.8, 4) is 0 Å². The topological polar surface area (TPSA) is 69.4 Å². The Kier molecular flexibility index (Phi) is 2.67. The molecule has 0 aliphatic carbocycles. The van der Waals surface area contributed by atoms with E-state index in [1.165, 1.54) is 14.0 Å². The lowest BCUT2D eigenvalue weighted by Gasteiger charge is -1.95. The van der Waals surface area contributed by atoms with Crippen LogP contribution in [0.3, 0.4) is 0 Å². The molecule has 0 aliphatic heterocycles. The first-order valence-corrected chi connectivity index (χ1v) is 3.70. The number of hydrogen-bond acceptors (Lipinski definition) is 5. The summed E-state index contributed by atoms with van der Waals surface area (Å²) in [6.07, 6.45) is 0. The molecular weight excluding hydrogens is 198 g/mol. The van der Waals surface area contributed by atoms with E-state index in [0.29, 0.717) is 0 Å². The molecule has 0 bridgehead atoms. The Morgan fingerprint density at radius 1 is 1.54 bits per heavy atom. The Morgan fingerprint density at radius 2 is 2.15 bits per heavy atom. The number of halogens is 1. The van der Waals surface area contributed by atoms with Gasteiger partial charge in [-0.15, -0.1) is 0 Å². The van der Waals surface area contributed by atoms with Gasteiger partial charge in [0, 0.05) is 0 Å². The van der Waals surface area contributed by atoms with Gasteiger partial charge < -0.3 is 9.26 Å². The molecule has 1 aromatic heterocycles. The number of carbonyl (C=O) groups is 2. The van der Waals surface area contributed by atoms with Crippen LogP contribution in [0.25, 0.3) is 0 Å². The van der Waals surface area contributed by atoms with E-state index in [4.69, 9.17) is 11.6 Å². The fourth-order valence-electron chi connectivity index (χ4n) is 0.846. The third-order valence-electron chi connectivity index (χ3n) is 1.43. The molecule has 0 spiro atoms. The Balaban J connectivity index is 3.24. The van der Waals surface area contributed by atoms with Crippen molar-refractivity contribution >= 4 is 22.8 Å². The van der Waals surface area contributed by atoms with E-state index in [1.54, 1.807) is 0 Å². The second kappa shape index (κ2) is 3.57. The number of ether oxygens (including phenoxy) is 1. The molecule has 70 valence electrons. The van der Waals surface area contributed by atoms with Crippen molar-refractivity contribution in [2.75, 3.05) is 7.11 Å². The van der Waals surface area contributed by atoms with Gasteiger partial charge in [0.05, 0.1) is 12.8 Å². The lowest BCUT2D eigenvalue weighted by atomic mass is 10.2. The number of nitrogens with zero attached hydrogens (tertiary/aromatic N) is 1. The molecule has 6 heteroatoms. The van der Waals surface area contributed by atoms with Gasteiger partial charge in [0.1, 0.15) is 5.56 Å². The molecule has 0 N–H and O–H groups in total. The predicted octanol–water partition coefficient (Wildman–Crippen LogP) is 1.15. The average molecular weight is 204 g/mol. The Morgan fingerprint density at radius 3 is 2.62 bits per heavy atom. The van der Waals surface area contributed by atoms with Crippen LogP contribution in [0.2, 0.25) is 0 Å². The zero-order valence-electron chi connectivity index (χ0n) is 6.96. The number of aromatic nitrogens is 1. The highest BCUT2D eigenvalue weighted by atomic mass is 35.5. The summed E-state index contributed by atoms with van der Waals surface area (Å²) >= 11 is 5.14. The first-order valence-electron chi connectivity index (χ1n) is 3.32. The van der Waals surface area contributed by atoms with Crippen molar-refractivity contribution < 1.29 is 18.8 Å². The molecule has 13 heavy (non-hydrogen) atoms. The van der Waals surface area contributed by atoms with Crippen molar-refractivity contribution in [2.24, 2.45) is 0 Å². The van der Waals surface area contributed by atoms with Gasteiger partial charge in [0.2, 0.25) is 5.76 Å². The molecular formula is C7H6ClNO4. The first-order chi connectivity index (χ1) is 6.07. The molecule has 1 aromatic rings. The van der Waals surface area contributed by atoms with Crippen LogP contribution in [0, 0.1) is 6.92 Å². The van der Waals surface area contributed by atoms with Crippen molar-refractivity contribution in [1.82, 2.24) is 5.16 Å². The number of rotatable bonds is 2. The van der Waals surface area contributed by atoms with E-state index in [9.17, 15) is 9.59 Å². The minimum absolute atomic E-state index is 0.0255. The lowest BCUT2D eigenvalue weighted by molar-refractivity contribution is 0.0595. The standard InChI is InChI=1S/C7H6ClNO4/c1-3-4(7(11)12-2)5(6(8)10)13-9-3/h1-2H3. The highest BCUT2D eigenvalue weighted by molar-refractivity contribution is 6.67. The zero-order valence-corrected chi connectivity index (χ0v) is 7.71. The van der Waals surface area contributed by atoms with Crippen molar-refractivity contribution in [1.29, 1.82) is 0 Å². The van der Waals surface area contributed by atoms with E-state index in [-0.39, 0.29) is 17.0 Å². The highest BCUT2D eigenvalue weighted by Gasteiger charge is 2.24. The molecule has 0 aliphatic rings. The SMILES string of the molecule is COC(=O)c1c(C)noc1C(=O)Cl.